The Morgan fingerprint density at radius 1 is 1.50 bits per heavy atom. The molecular formula is C16H20N6OS. The van der Waals surface area contributed by atoms with Crippen molar-refractivity contribution in [3.8, 4) is 11.3 Å². The summed E-state index contributed by atoms with van der Waals surface area (Å²) >= 11 is 1.51. The zero-order valence-corrected chi connectivity index (χ0v) is 14.4. The van der Waals surface area contributed by atoms with Crippen molar-refractivity contribution in [3.63, 3.8) is 0 Å². The third kappa shape index (κ3) is 4.19. The molecule has 1 aliphatic rings. The SMILES string of the molecule is CCOc1nnc(CN2CCC(CNc3ncccc3C#N)C2)s1. The first-order valence-corrected chi connectivity index (χ1v) is 8.86. The minimum Gasteiger partial charge on any atom is -0.469 e. The predicted octanol–water partition coefficient (Wildman–Crippen LogP) is 2.14. The molecule has 3 heterocycles. The van der Waals surface area contributed by atoms with E-state index in [1.165, 1.54) is 11.3 Å². The molecule has 126 valence electrons. The number of pyridine rings is 1. The van der Waals surface area contributed by atoms with Crippen molar-refractivity contribution < 1.29 is 4.74 Å². The van der Waals surface area contributed by atoms with Gasteiger partial charge in [-0.05, 0) is 37.9 Å². The van der Waals surface area contributed by atoms with Crippen LogP contribution in [0, 0.1) is 17.2 Å². The van der Waals surface area contributed by atoms with Gasteiger partial charge in [-0.15, -0.1) is 10.2 Å². The molecule has 8 heteroatoms. The molecular weight excluding hydrogens is 324 g/mol. The standard InChI is InChI=1S/C16H20N6OS/c1-2-23-16-21-20-14(24-16)11-22-7-5-12(10-22)9-19-15-13(8-17)4-3-6-18-15/h3-4,6,12H,2,5,7,9-11H2,1H3,(H,18,19). The lowest BCUT2D eigenvalue weighted by Crippen LogP contribution is -2.23. The number of hydrogen-bond acceptors (Lipinski definition) is 8. The Morgan fingerprint density at radius 2 is 2.42 bits per heavy atom. The van der Waals surface area contributed by atoms with E-state index in [4.69, 9.17) is 10.00 Å². The van der Waals surface area contributed by atoms with E-state index < -0.39 is 0 Å². The molecule has 1 N–H and O–H groups in total. The molecule has 0 aliphatic carbocycles. The van der Waals surface area contributed by atoms with Crippen LogP contribution in [0.5, 0.6) is 5.19 Å². The van der Waals surface area contributed by atoms with Gasteiger partial charge in [-0.3, -0.25) is 4.90 Å². The maximum Gasteiger partial charge on any atom is 0.294 e. The lowest BCUT2D eigenvalue weighted by Gasteiger charge is -2.15. The zero-order valence-electron chi connectivity index (χ0n) is 13.6. The van der Waals surface area contributed by atoms with Crippen LogP contribution in [-0.4, -0.2) is 46.3 Å². The number of likely N-dealkylation sites (tertiary alicyclic amines) is 1. The van der Waals surface area contributed by atoms with Crippen molar-refractivity contribution in [3.05, 3.63) is 28.9 Å². The number of anilines is 1. The summed E-state index contributed by atoms with van der Waals surface area (Å²) in [4.78, 5) is 6.62. The van der Waals surface area contributed by atoms with Gasteiger partial charge in [0, 0.05) is 19.3 Å². The van der Waals surface area contributed by atoms with E-state index >= 15 is 0 Å². The van der Waals surface area contributed by atoms with Crippen LogP contribution < -0.4 is 10.1 Å². The fourth-order valence-electron chi connectivity index (χ4n) is 2.78. The molecule has 2 aromatic rings. The van der Waals surface area contributed by atoms with Gasteiger partial charge in [0.25, 0.3) is 5.19 Å². The summed E-state index contributed by atoms with van der Waals surface area (Å²) in [6, 6.07) is 5.72. The van der Waals surface area contributed by atoms with Gasteiger partial charge < -0.3 is 10.1 Å². The number of hydrogen-bond donors (Lipinski definition) is 1. The Hall–Kier alpha value is -2.24. The lowest BCUT2D eigenvalue weighted by molar-refractivity contribution is 0.317. The van der Waals surface area contributed by atoms with Crippen molar-refractivity contribution in [1.82, 2.24) is 20.1 Å². The highest BCUT2D eigenvalue weighted by atomic mass is 32.1. The van der Waals surface area contributed by atoms with E-state index in [-0.39, 0.29) is 0 Å². The maximum absolute atomic E-state index is 9.10. The van der Waals surface area contributed by atoms with Crippen LogP contribution in [0.3, 0.4) is 0 Å². The fraction of sp³-hybridized carbons (Fsp3) is 0.500. The van der Waals surface area contributed by atoms with Crippen LogP contribution in [0.4, 0.5) is 5.82 Å². The van der Waals surface area contributed by atoms with Gasteiger partial charge in [-0.25, -0.2) is 4.98 Å². The first kappa shape index (κ1) is 16.6. The van der Waals surface area contributed by atoms with E-state index in [1.54, 1.807) is 18.3 Å². The molecule has 0 spiro atoms. The van der Waals surface area contributed by atoms with Gasteiger partial charge in [0.15, 0.2) is 0 Å². The number of aromatic nitrogens is 3. The van der Waals surface area contributed by atoms with Crippen molar-refractivity contribution in [2.45, 2.75) is 19.9 Å². The number of rotatable bonds is 7. The second kappa shape index (κ2) is 8.04. The molecule has 1 atom stereocenters. The van der Waals surface area contributed by atoms with Crippen LogP contribution in [0.15, 0.2) is 18.3 Å². The van der Waals surface area contributed by atoms with Gasteiger partial charge in [-0.1, -0.05) is 11.3 Å². The summed E-state index contributed by atoms with van der Waals surface area (Å²) in [5.41, 5.74) is 0.588. The van der Waals surface area contributed by atoms with Crippen LogP contribution in [-0.2, 0) is 6.54 Å². The summed E-state index contributed by atoms with van der Waals surface area (Å²) in [5.74, 6) is 1.21. The van der Waals surface area contributed by atoms with E-state index in [9.17, 15) is 0 Å². The summed E-state index contributed by atoms with van der Waals surface area (Å²) in [5, 5.41) is 22.2. The van der Waals surface area contributed by atoms with Crippen LogP contribution in [0.2, 0.25) is 0 Å². The van der Waals surface area contributed by atoms with Crippen LogP contribution >= 0.6 is 11.3 Å². The molecule has 1 aliphatic heterocycles. The molecule has 2 aromatic heterocycles. The van der Waals surface area contributed by atoms with Gasteiger partial charge in [0.1, 0.15) is 16.9 Å². The minimum atomic E-state index is 0.540. The largest absolute Gasteiger partial charge is 0.469 e. The molecule has 1 saturated heterocycles. The van der Waals surface area contributed by atoms with Gasteiger partial charge in [0.2, 0.25) is 0 Å². The van der Waals surface area contributed by atoms with Gasteiger partial charge >= 0.3 is 0 Å². The number of nitrogens with zero attached hydrogens (tertiary/aromatic N) is 5. The molecule has 0 saturated carbocycles. The third-order valence-corrected chi connectivity index (χ3v) is 4.75. The molecule has 0 radical (unpaired) electrons. The van der Waals surface area contributed by atoms with Crippen LogP contribution in [0.25, 0.3) is 0 Å². The van der Waals surface area contributed by atoms with Crippen molar-refractivity contribution >= 4 is 17.2 Å². The number of nitrogens with one attached hydrogen (secondary N) is 1. The molecule has 1 unspecified atom stereocenters. The van der Waals surface area contributed by atoms with Crippen molar-refractivity contribution in [2.24, 2.45) is 5.92 Å². The van der Waals surface area contributed by atoms with Crippen LogP contribution in [0.1, 0.15) is 23.9 Å². The lowest BCUT2D eigenvalue weighted by atomic mass is 10.1. The van der Waals surface area contributed by atoms with E-state index in [1.807, 2.05) is 6.92 Å². The summed E-state index contributed by atoms with van der Waals surface area (Å²) in [6.45, 7) is 6.24. The summed E-state index contributed by atoms with van der Waals surface area (Å²) in [6.07, 6.45) is 2.83. The number of ether oxygens (including phenoxy) is 1. The Bertz CT molecular complexity index is 713. The Labute approximate surface area is 145 Å². The normalized spacial score (nSPS) is 17.6. The second-order valence-electron chi connectivity index (χ2n) is 5.68. The Morgan fingerprint density at radius 3 is 3.25 bits per heavy atom. The van der Waals surface area contributed by atoms with E-state index in [0.717, 1.165) is 37.6 Å². The fourth-order valence-corrected chi connectivity index (χ4v) is 3.56. The molecule has 7 nitrogen and oxygen atoms in total. The molecule has 0 bridgehead atoms. The molecule has 24 heavy (non-hydrogen) atoms. The summed E-state index contributed by atoms with van der Waals surface area (Å²) in [7, 11) is 0. The Kier molecular flexibility index (Phi) is 5.56. The first-order chi connectivity index (χ1) is 11.8. The average Bonchev–Trinajstić information content (AvgIpc) is 3.23. The smallest absolute Gasteiger partial charge is 0.294 e. The predicted molar refractivity (Wildman–Crippen MR) is 91.9 cm³/mol. The van der Waals surface area contributed by atoms with Crippen molar-refractivity contribution in [2.75, 3.05) is 31.6 Å². The maximum atomic E-state index is 9.10. The second-order valence-corrected chi connectivity index (χ2v) is 6.70. The molecule has 1 fully saturated rings. The highest BCUT2D eigenvalue weighted by molar-refractivity contribution is 7.13. The number of nitriles is 1. The highest BCUT2D eigenvalue weighted by Crippen LogP contribution is 2.23. The highest BCUT2D eigenvalue weighted by Gasteiger charge is 2.23. The Balaban J connectivity index is 1.47. The summed E-state index contributed by atoms with van der Waals surface area (Å²) < 4.78 is 5.36. The molecule has 0 aromatic carbocycles. The van der Waals surface area contributed by atoms with E-state index in [2.05, 4.69) is 31.5 Å². The monoisotopic (exact) mass is 344 g/mol. The average molecular weight is 344 g/mol. The minimum absolute atomic E-state index is 0.540. The molecule has 0 amide bonds. The van der Waals surface area contributed by atoms with Gasteiger partial charge in [0.05, 0.1) is 18.7 Å². The third-order valence-electron chi connectivity index (χ3n) is 3.93. The molecule has 3 rings (SSSR count). The van der Waals surface area contributed by atoms with Crippen molar-refractivity contribution in [1.29, 1.82) is 5.26 Å². The quantitative estimate of drug-likeness (QED) is 0.823. The first-order valence-electron chi connectivity index (χ1n) is 8.05. The topological polar surface area (TPSA) is 87.0 Å². The van der Waals surface area contributed by atoms with Gasteiger partial charge in [-0.2, -0.15) is 5.26 Å². The zero-order chi connectivity index (χ0) is 16.8. The van der Waals surface area contributed by atoms with E-state index in [0.29, 0.717) is 29.1 Å².